The molecule has 2 heterocycles. The van der Waals surface area contributed by atoms with Crippen LogP contribution in [-0.2, 0) is 0 Å². The number of hydrogen-bond acceptors (Lipinski definition) is 6. The van der Waals surface area contributed by atoms with Gasteiger partial charge < -0.3 is 4.74 Å². The van der Waals surface area contributed by atoms with Gasteiger partial charge in [-0.25, -0.2) is 15.0 Å². The van der Waals surface area contributed by atoms with Gasteiger partial charge >= 0.3 is 6.01 Å². The SMILES string of the molecule is C=NN(C1=C(C(=C)C)C1)c1ccc2[nH]nc(-c3cnc(OC)nc3)c2c1. The van der Waals surface area contributed by atoms with Crippen molar-refractivity contribution in [2.75, 3.05) is 12.1 Å². The number of fused-ring (bicyclic) bond motifs is 1. The van der Waals surface area contributed by atoms with Crippen molar-refractivity contribution in [3.63, 3.8) is 0 Å². The Morgan fingerprint density at radius 2 is 2.08 bits per heavy atom. The molecular weight excluding hydrogens is 328 g/mol. The molecule has 26 heavy (non-hydrogen) atoms. The molecule has 0 atom stereocenters. The zero-order valence-electron chi connectivity index (χ0n) is 14.7. The molecule has 0 saturated heterocycles. The number of ether oxygens (including phenoxy) is 1. The Hall–Kier alpha value is -3.48. The summed E-state index contributed by atoms with van der Waals surface area (Å²) in [6, 6.07) is 6.33. The van der Waals surface area contributed by atoms with E-state index < -0.39 is 0 Å². The van der Waals surface area contributed by atoms with Gasteiger partial charge in [0.2, 0.25) is 0 Å². The fourth-order valence-corrected chi connectivity index (χ4v) is 2.94. The van der Waals surface area contributed by atoms with Crippen molar-refractivity contribution < 1.29 is 4.74 Å². The van der Waals surface area contributed by atoms with E-state index in [0.717, 1.165) is 45.5 Å². The number of hydrogen-bond donors (Lipinski definition) is 1. The predicted octanol–water partition coefficient (Wildman–Crippen LogP) is 3.68. The maximum atomic E-state index is 5.01. The van der Waals surface area contributed by atoms with Crippen LogP contribution in [0.5, 0.6) is 6.01 Å². The van der Waals surface area contributed by atoms with E-state index in [9.17, 15) is 0 Å². The van der Waals surface area contributed by atoms with Gasteiger partial charge in [-0.05, 0) is 30.7 Å². The number of nitrogens with zero attached hydrogens (tertiary/aromatic N) is 5. The summed E-state index contributed by atoms with van der Waals surface area (Å²) >= 11 is 0. The molecule has 7 heteroatoms. The maximum absolute atomic E-state index is 5.01. The molecule has 3 aromatic rings. The van der Waals surface area contributed by atoms with Gasteiger partial charge in [-0.1, -0.05) is 12.2 Å². The molecule has 0 fully saturated rings. The van der Waals surface area contributed by atoms with E-state index in [1.165, 1.54) is 12.7 Å². The van der Waals surface area contributed by atoms with E-state index in [1.54, 1.807) is 12.4 Å². The highest BCUT2D eigenvalue weighted by molar-refractivity contribution is 5.95. The number of anilines is 1. The van der Waals surface area contributed by atoms with Crippen LogP contribution in [-0.4, -0.2) is 34.0 Å². The lowest BCUT2D eigenvalue weighted by molar-refractivity contribution is 0.380. The average molecular weight is 346 g/mol. The number of benzene rings is 1. The van der Waals surface area contributed by atoms with Crippen LogP contribution >= 0.6 is 0 Å². The summed E-state index contributed by atoms with van der Waals surface area (Å²) < 4.78 is 5.01. The van der Waals surface area contributed by atoms with Crippen LogP contribution in [0.2, 0.25) is 0 Å². The highest BCUT2D eigenvalue weighted by atomic mass is 16.5. The Morgan fingerprint density at radius 3 is 2.69 bits per heavy atom. The van der Waals surface area contributed by atoms with Gasteiger partial charge in [0.1, 0.15) is 5.69 Å². The molecule has 2 aromatic heterocycles. The lowest BCUT2D eigenvalue weighted by Crippen LogP contribution is -2.08. The van der Waals surface area contributed by atoms with Crippen molar-refractivity contribution in [3.8, 4) is 17.3 Å². The van der Waals surface area contributed by atoms with Crippen molar-refractivity contribution in [2.24, 2.45) is 5.10 Å². The van der Waals surface area contributed by atoms with Crippen LogP contribution in [0, 0.1) is 0 Å². The molecule has 0 saturated carbocycles. The van der Waals surface area contributed by atoms with Crippen molar-refractivity contribution in [2.45, 2.75) is 13.3 Å². The Bertz CT molecular complexity index is 1050. The summed E-state index contributed by atoms with van der Waals surface area (Å²) in [5, 5.41) is 14.5. The highest BCUT2D eigenvalue weighted by Gasteiger charge is 2.28. The Labute approximate surface area is 150 Å². The van der Waals surface area contributed by atoms with Crippen LogP contribution in [0.4, 0.5) is 5.69 Å². The Balaban J connectivity index is 1.77. The quantitative estimate of drug-likeness (QED) is 0.544. The van der Waals surface area contributed by atoms with Crippen LogP contribution in [0.15, 0.2) is 59.1 Å². The number of aromatic amines is 1. The smallest absolute Gasteiger partial charge is 0.316 e. The summed E-state index contributed by atoms with van der Waals surface area (Å²) in [5.74, 6) is 0. The number of nitrogens with one attached hydrogen (secondary N) is 1. The molecule has 0 unspecified atom stereocenters. The summed E-state index contributed by atoms with van der Waals surface area (Å²) in [6.45, 7) is 9.72. The average Bonchev–Trinajstić information content (AvgIpc) is 3.34. The van der Waals surface area contributed by atoms with Gasteiger partial charge in [-0.2, -0.15) is 10.2 Å². The van der Waals surface area contributed by atoms with Crippen LogP contribution in [0.3, 0.4) is 0 Å². The van der Waals surface area contributed by atoms with Gasteiger partial charge in [0.15, 0.2) is 0 Å². The lowest BCUT2D eigenvalue weighted by Gasteiger charge is -2.15. The molecule has 1 aromatic carbocycles. The first-order valence-corrected chi connectivity index (χ1v) is 8.11. The Morgan fingerprint density at radius 1 is 1.31 bits per heavy atom. The number of aromatic nitrogens is 4. The van der Waals surface area contributed by atoms with E-state index in [-0.39, 0.29) is 0 Å². The molecule has 0 amide bonds. The van der Waals surface area contributed by atoms with Crippen molar-refractivity contribution in [3.05, 3.63) is 54.0 Å². The topological polar surface area (TPSA) is 79.3 Å². The predicted molar refractivity (Wildman–Crippen MR) is 102 cm³/mol. The van der Waals surface area contributed by atoms with Crippen molar-refractivity contribution in [1.82, 2.24) is 20.2 Å². The van der Waals surface area contributed by atoms with E-state index in [4.69, 9.17) is 4.74 Å². The van der Waals surface area contributed by atoms with Gasteiger partial charge in [-0.15, -0.1) is 0 Å². The van der Waals surface area contributed by atoms with Gasteiger partial charge in [0, 0.05) is 36.5 Å². The molecular formula is C19H18N6O. The van der Waals surface area contributed by atoms with Crippen molar-refractivity contribution in [1.29, 1.82) is 0 Å². The van der Waals surface area contributed by atoms with Crippen LogP contribution in [0.1, 0.15) is 13.3 Å². The molecule has 7 nitrogen and oxygen atoms in total. The maximum Gasteiger partial charge on any atom is 0.316 e. The van der Waals surface area contributed by atoms with Crippen LogP contribution in [0.25, 0.3) is 22.2 Å². The van der Waals surface area contributed by atoms with E-state index in [0.29, 0.717) is 6.01 Å². The molecule has 130 valence electrons. The minimum Gasteiger partial charge on any atom is -0.467 e. The second-order valence-corrected chi connectivity index (χ2v) is 6.10. The van der Waals surface area contributed by atoms with Gasteiger partial charge in [0.25, 0.3) is 0 Å². The zero-order valence-corrected chi connectivity index (χ0v) is 14.7. The standard InChI is InChI=1S/C19H18N6O/c1-11(2)14-8-17(14)25(20-3)13-5-6-16-15(7-13)18(24-23-16)12-9-21-19(26-4)22-10-12/h5-7,9-10H,1,3,8H2,2,4H3,(H,23,24). The third-order valence-corrected chi connectivity index (χ3v) is 4.35. The van der Waals surface area contributed by atoms with Gasteiger partial charge in [0.05, 0.1) is 24.0 Å². The fraction of sp³-hybridized carbons (Fsp3) is 0.158. The number of rotatable bonds is 6. The minimum atomic E-state index is 0.323. The second kappa shape index (κ2) is 6.11. The first-order chi connectivity index (χ1) is 12.6. The minimum absolute atomic E-state index is 0.323. The number of H-pyrrole nitrogens is 1. The summed E-state index contributed by atoms with van der Waals surface area (Å²) in [7, 11) is 1.54. The van der Waals surface area contributed by atoms with Crippen molar-refractivity contribution >= 4 is 23.3 Å². The number of hydrazone groups is 1. The fourth-order valence-electron chi connectivity index (χ4n) is 2.94. The van der Waals surface area contributed by atoms with E-state index in [1.807, 2.05) is 30.1 Å². The second-order valence-electron chi connectivity index (χ2n) is 6.10. The first kappa shape index (κ1) is 16.0. The largest absolute Gasteiger partial charge is 0.467 e. The lowest BCUT2D eigenvalue weighted by atomic mass is 10.1. The number of allylic oxidation sites excluding steroid dienone is 3. The molecule has 0 radical (unpaired) electrons. The normalized spacial score (nSPS) is 13.0. The summed E-state index contributed by atoms with van der Waals surface area (Å²) in [6.07, 6.45) is 4.28. The zero-order chi connectivity index (χ0) is 18.3. The van der Waals surface area contributed by atoms with E-state index in [2.05, 4.69) is 38.6 Å². The molecule has 1 aliphatic carbocycles. The summed E-state index contributed by atoms with van der Waals surface area (Å²) in [4.78, 5) is 8.32. The monoisotopic (exact) mass is 346 g/mol. The number of methoxy groups -OCH3 is 1. The third-order valence-electron chi connectivity index (χ3n) is 4.35. The highest BCUT2D eigenvalue weighted by Crippen LogP contribution is 2.42. The molecule has 0 aliphatic heterocycles. The van der Waals surface area contributed by atoms with E-state index >= 15 is 0 Å². The third kappa shape index (κ3) is 2.63. The molecule has 1 N–H and O–H groups in total. The first-order valence-electron chi connectivity index (χ1n) is 8.11. The summed E-state index contributed by atoms with van der Waals surface area (Å²) in [5.41, 5.74) is 6.86. The van der Waals surface area contributed by atoms with Gasteiger partial charge in [-0.3, -0.25) is 5.10 Å². The molecule has 0 spiro atoms. The molecule has 1 aliphatic rings. The van der Waals surface area contributed by atoms with Crippen LogP contribution < -0.4 is 9.75 Å². The molecule has 4 rings (SSSR count). The molecule has 0 bridgehead atoms. The Kier molecular flexibility index (Phi) is 3.76.